The maximum Gasteiger partial charge on any atom is 0.303 e. The molecule has 33 heavy (non-hydrogen) atoms. The van der Waals surface area contributed by atoms with E-state index < -0.39 is 5.97 Å². The van der Waals surface area contributed by atoms with Crippen LogP contribution in [0.2, 0.25) is 0 Å². The Balaban J connectivity index is 1.43. The lowest BCUT2D eigenvalue weighted by Crippen LogP contribution is -2.13. The Labute approximate surface area is 193 Å². The standard InChI is InChI=1S/C28H28O5/c29-24-16-14-18(19(24)8-3-1-2-4-13-26(31)32)15-17-25(30)22-11-7-12-23-27(22)20-9-5-6-10-21(20)28(23)33/h5-7,9-12,15,17-19H,1-4,8,13-14,16H2,(H,31,32). The number of hydrogen-bond donors (Lipinski definition) is 1. The number of carbonyl (C=O) groups is 4. The van der Waals surface area contributed by atoms with Crippen LogP contribution in [0.25, 0.3) is 11.1 Å². The molecule has 5 nitrogen and oxygen atoms in total. The van der Waals surface area contributed by atoms with Gasteiger partial charge in [-0.05, 0) is 36.8 Å². The van der Waals surface area contributed by atoms with Crippen LogP contribution in [0.3, 0.4) is 0 Å². The van der Waals surface area contributed by atoms with E-state index in [1.165, 1.54) is 0 Å². The van der Waals surface area contributed by atoms with Gasteiger partial charge in [0.15, 0.2) is 11.6 Å². The highest BCUT2D eigenvalue weighted by atomic mass is 16.4. The third-order valence-electron chi connectivity index (χ3n) is 6.82. The molecule has 5 heteroatoms. The minimum atomic E-state index is -0.771. The van der Waals surface area contributed by atoms with E-state index >= 15 is 0 Å². The zero-order chi connectivity index (χ0) is 23.4. The number of aliphatic carboxylic acids is 1. The van der Waals surface area contributed by atoms with Crippen molar-refractivity contribution in [3.05, 3.63) is 71.3 Å². The molecule has 0 amide bonds. The summed E-state index contributed by atoms with van der Waals surface area (Å²) in [5, 5.41) is 8.71. The van der Waals surface area contributed by atoms with Gasteiger partial charge in [0.05, 0.1) is 0 Å². The molecule has 0 aromatic heterocycles. The fourth-order valence-corrected chi connectivity index (χ4v) is 5.12. The van der Waals surface area contributed by atoms with E-state index in [0.717, 1.165) is 37.7 Å². The van der Waals surface area contributed by atoms with Gasteiger partial charge in [-0.3, -0.25) is 19.2 Å². The number of ketones is 3. The van der Waals surface area contributed by atoms with Crippen LogP contribution in [0.15, 0.2) is 54.6 Å². The molecule has 1 saturated carbocycles. The Hall–Kier alpha value is -3.34. The van der Waals surface area contributed by atoms with Gasteiger partial charge in [-0.15, -0.1) is 0 Å². The summed E-state index contributed by atoms with van der Waals surface area (Å²) in [5.41, 5.74) is 3.20. The minimum Gasteiger partial charge on any atom is -0.481 e. The van der Waals surface area contributed by atoms with E-state index in [1.54, 1.807) is 30.3 Å². The molecule has 0 radical (unpaired) electrons. The molecule has 0 spiro atoms. The Morgan fingerprint density at radius 3 is 2.42 bits per heavy atom. The van der Waals surface area contributed by atoms with Crippen LogP contribution in [-0.2, 0) is 9.59 Å². The van der Waals surface area contributed by atoms with Crippen LogP contribution in [0.5, 0.6) is 0 Å². The predicted molar refractivity (Wildman–Crippen MR) is 125 cm³/mol. The number of allylic oxidation sites excluding steroid dienone is 2. The van der Waals surface area contributed by atoms with Gasteiger partial charge >= 0.3 is 5.97 Å². The van der Waals surface area contributed by atoms with Gasteiger partial charge in [-0.2, -0.15) is 0 Å². The summed E-state index contributed by atoms with van der Waals surface area (Å²) in [7, 11) is 0. The van der Waals surface area contributed by atoms with Gasteiger partial charge in [0.25, 0.3) is 0 Å². The van der Waals surface area contributed by atoms with E-state index in [-0.39, 0.29) is 35.6 Å². The van der Waals surface area contributed by atoms with E-state index in [1.807, 2.05) is 24.3 Å². The number of fused-ring (bicyclic) bond motifs is 3. The van der Waals surface area contributed by atoms with Crippen molar-refractivity contribution in [2.75, 3.05) is 0 Å². The minimum absolute atomic E-state index is 0.0474. The maximum atomic E-state index is 13.1. The van der Waals surface area contributed by atoms with Crippen molar-refractivity contribution >= 4 is 23.3 Å². The second-order valence-corrected chi connectivity index (χ2v) is 8.95. The molecule has 0 bridgehead atoms. The number of unbranched alkanes of at least 4 members (excludes halogenated alkanes) is 3. The highest BCUT2D eigenvalue weighted by Crippen LogP contribution is 2.39. The number of hydrogen-bond acceptors (Lipinski definition) is 4. The van der Waals surface area contributed by atoms with Crippen molar-refractivity contribution < 1.29 is 24.3 Å². The molecule has 2 atom stereocenters. The second-order valence-electron chi connectivity index (χ2n) is 8.95. The second kappa shape index (κ2) is 10.1. The van der Waals surface area contributed by atoms with Crippen molar-refractivity contribution in [2.24, 2.45) is 11.8 Å². The monoisotopic (exact) mass is 444 g/mol. The normalized spacial score (nSPS) is 19.2. The molecule has 170 valence electrons. The SMILES string of the molecule is O=C(O)CCCCCCC1C(=O)CCC1C=CC(=O)c1cccc2c1-c1ccccc1C2=O. The molecular weight excluding hydrogens is 416 g/mol. The van der Waals surface area contributed by atoms with Crippen molar-refractivity contribution in [2.45, 2.75) is 51.4 Å². The summed E-state index contributed by atoms with van der Waals surface area (Å²) >= 11 is 0. The van der Waals surface area contributed by atoms with E-state index in [0.29, 0.717) is 35.1 Å². The number of carboxylic acids is 1. The lowest BCUT2D eigenvalue weighted by atomic mass is 9.89. The van der Waals surface area contributed by atoms with Gasteiger partial charge in [0, 0.05) is 41.0 Å². The first-order valence-electron chi connectivity index (χ1n) is 11.7. The average Bonchev–Trinajstić information content (AvgIpc) is 3.31. The van der Waals surface area contributed by atoms with E-state index in [9.17, 15) is 19.2 Å². The van der Waals surface area contributed by atoms with Crippen molar-refractivity contribution in [3.8, 4) is 11.1 Å². The highest BCUT2D eigenvalue weighted by Gasteiger charge is 2.33. The molecule has 0 aliphatic heterocycles. The van der Waals surface area contributed by atoms with Crippen LogP contribution < -0.4 is 0 Å². The quantitative estimate of drug-likeness (QED) is 0.248. The summed E-state index contributed by atoms with van der Waals surface area (Å²) in [6, 6.07) is 12.6. The predicted octanol–water partition coefficient (Wildman–Crippen LogP) is 5.66. The van der Waals surface area contributed by atoms with Crippen molar-refractivity contribution in [1.29, 1.82) is 0 Å². The summed E-state index contributed by atoms with van der Waals surface area (Å²) in [6.45, 7) is 0. The fraction of sp³-hybridized carbons (Fsp3) is 0.357. The number of Topliss-reactive ketones (excluding diaryl/α,β-unsaturated/α-hetero) is 1. The topological polar surface area (TPSA) is 88.5 Å². The zero-order valence-electron chi connectivity index (χ0n) is 18.6. The summed E-state index contributed by atoms with van der Waals surface area (Å²) in [6.07, 6.45) is 9.02. The smallest absolute Gasteiger partial charge is 0.303 e. The number of carboxylic acid groups (broad SMARTS) is 1. The summed E-state index contributed by atoms with van der Waals surface area (Å²) in [4.78, 5) is 48.8. The Morgan fingerprint density at radius 1 is 0.909 bits per heavy atom. The zero-order valence-corrected chi connectivity index (χ0v) is 18.6. The molecule has 2 aliphatic rings. The van der Waals surface area contributed by atoms with Gasteiger partial charge in [-0.25, -0.2) is 0 Å². The van der Waals surface area contributed by atoms with Gasteiger partial charge in [0.2, 0.25) is 0 Å². The molecule has 0 saturated heterocycles. The molecule has 0 heterocycles. The first-order chi connectivity index (χ1) is 16.0. The number of rotatable bonds is 10. The molecule has 1 N–H and O–H groups in total. The third kappa shape index (κ3) is 4.87. The first-order valence-corrected chi connectivity index (χ1v) is 11.7. The lowest BCUT2D eigenvalue weighted by Gasteiger charge is -2.15. The summed E-state index contributed by atoms with van der Waals surface area (Å²) < 4.78 is 0. The van der Waals surface area contributed by atoms with Gasteiger partial charge in [0.1, 0.15) is 5.78 Å². The highest BCUT2D eigenvalue weighted by molar-refractivity contribution is 6.25. The van der Waals surface area contributed by atoms with Crippen LogP contribution in [0, 0.1) is 11.8 Å². The molecule has 2 aromatic carbocycles. The molecule has 1 fully saturated rings. The van der Waals surface area contributed by atoms with Crippen LogP contribution in [0.4, 0.5) is 0 Å². The summed E-state index contributed by atoms with van der Waals surface area (Å²) in [5.74, 6) is -0.744. The van der Waals surface area contributed by atoms with E-state index in [2.05, 4.69) is 0 Å². The molecule has 2 aliphatic carbocycles. The molecular formula is C28H28O5. The Bertz CT molecular complexity index is 1130. The third-order valence-corrected chi connectivity index (χ3v) is 6.82. The van der Waals surface area contributed by atoms with Crippen molar-refractivity contribution in [3.63, 3.8) is 0 Å². The Kier molecular flexibility index (Phi) is 6.97. The van der Waals surface area contributed by atoms with Crippen LogP contribution in [0.1, 0.15) is 77.6 Å². The average molecular weight is 445 g/mol. The van der Waals surface area contributed by atoms with E-state index in [4.69, 9.17) is 5.11 Å². The van der Waals surface area contributed by atoms with Crippen LogP contribution >= 0.6 is 0 Å². The molecule has 2 aromatic rings. The van der Waals surface area contributed by atoms with Gasteiger partial charge < -0.3 is 5.11 Å². The Morgan fingerprint density at radius 2 is 1.64 bits per heavy atom. The van der Waals surface area contributed by atoms with Crippen molar-refractivity contribution in [1.82, 2.24) is 0 Å². The molecule has 2 unspecified atom stereocenters. The first kappa shape index (κ1) is 22.8. The van der Waals surface area contributed by atoms with Gasteiger partial charge in [-0.1, -0.05) is 67.8 Å². The number of carbonyl (C=O) groups excluding carboxylic acids is 3. The van der Waals surface area contributed by atoms with Crippen LogP contribution in [-0.4, -0.2) is 28.4 Å². The largest absolute Gasteiger partial charge is 0.481 e. The lowest BCUT2D eigenvalue weighted by molar-refractivity contribution is -0.137. The maximum absolute atomic E-state index is 13.1. The number of benzene rings is 2. The molecule has 4 rings (SSSR count). The fourth-order valence-electron chi connectivity index (χ4n) is 5.12.